The van der Waals surface area contributed by atoms with Gasteiger partial charge in [-0.1, -0.05) is 29.3 Å². The van der Waals surface area contributed by atoms with E-state index in [-0.39, 0.29) is 10.8 Å². The van der Waals surface area contributed by atoms with Crippen molar-refractivity contribution in [3.8, 4) is 0 Å². The van der Waals surface area contributed by atoms with E-state index in [2.05, 4.69) is 11.4 Å². The minimum atomic E-state index is -0.343. The number of allylic oxidation sites excluding steroid dienone is 1. The fraction of sp³-hybridized carbons (Fsp3) is 0.429. The third-order valence-corrected chi connectivity index (χ3v) is 3.38. The van der Waals surface area contributed by atoms with Crippen LogP contribution in [-0.4, -0.2) is 6.54 Å². The summed E-state index contributed by atoms with van der Waals surface area (Å²) in [6.07, 6.45) is 7.23. The largest absolute Gasteiger partial charge is 0.312 e. The van der Waals surface area contributed by atoms with Gasteiger partial charge in [-0.25, -0.2) is 4.39 Å². The molecule has 1 N–H and O–H groups in total. The van der Waals surface area contributed by atoms with E-state index in [1.807, 2.05) is 6.07 Å². The molecule has 0 saturated heterocycles. The quantitative estimate of drug-likeness (QED) is 0.616. The van der Waals surface area contributed by atoms with Crippen LogP contribution in [0, 0.1) is 5.82 Å². The van der Waals surface area contributed by atoms with Crippen LogP contribution < -0.4 is 5.32 Å². The lowest BCUT2D eigenvalue weighted by molar-refractivity contribution is 0.620. The summed E-state index contributed by atoms with van der Waals surface area (Å²) < 4.78 is 13.2. The second kappa shape index (κ2) is 6.18. The van der Waals surface area contributed by atoms with Crippen LogP contribution in [0.2, 0.25) is 5.02 Å². The molecule has 1 aromatic carbocycles. The van der Waals surface area contributed by atoms with Crippen LogP contribution in [0.5, 0.6) is 0 Å². The minimum absolute atomic E-state index is 0.185. The lowest BCUT2D eigenvalue weighted by atomic mass is 10.1. The molecule has 1 aliphatic rings. The van der Waals surface area contributed by atoms with Gasteiger partial charge in [0.2, 0.25) is 0 Å². The van der Waals surface area contributed by atoms with E-state index in [0.717, 1.165) is 18.5 Å². The molecule has 0 spiro atoms. The Hall–Kier alpha value is -0.860. The molecular weight excluding hydrogens is 237 g/mol. The molecule has 1 aliphatic carbocycles. The summed E-state index contributed by atoms with van der Waals surface area (Å²) in [4.78, 5) is 0. The summed E-state index contributed by atoms with van der Waals surface area (Å²) in [5.41, 5.74) is 2.49. The zero-order chi connectivity index (χ0) is 12.1. The Labute approximate surface area is 107 Å². The fourth-order valence-corrected chi connectivity index (χ4v) is 2.21. The molecule has 0 atom stereocenters. The lowest BCUT2D eigenvalue weighted by Crippen LogP contribution is -2.15. The number of benzene rings is 1. The van der Waals surface area contributed by atoms with Crippen LogP contribution in [0.25, 0.3) is 0 Å². The van der Waals surface area contributed by atoms with Crippen molar-refractivity contribution in [3.05, 3.63) is 46.3 Å². The van der Waals surface area contributed by atoms with E-state index < -0.39 is 0 Å². The Kier molecular flexibility index (Phi) is 4.57. The second-order valence-corrected chi connectivity index (χ2v) is 4.84. The van der Waals surface area contributed by atoms with Gasteiger partial charge in [-0.2, -0.15) is 0 Å². The molecule has 0 aromatic heterocycles. The van der Waals surface area contributed by atoms with Gasteiger partial charge in [0, 0.05) is 6.54 Å². The van der Waals surface area contributed by atoms with Crippen LogP contribution in [0.3, 0.4) is 0 Å². The van der Waals surface area contributed by atoms with Crippen LogP contribution in [0.15, 0.2) is 29.8 Å². The highest BCUT2D eigenvalue weighted by molar-refractivity contribution is 6.30. The van der Waals surface area contributed by atoms with Crippen LogP contribution >= 0.6 is 11.6 Å². The van der Waals surface area contributed by atoms with Crippen LogP contribution in [-0.2, 0) is 6.54 Å². The van der Waals surface area contributed by atoms with Gasteiger partial charge in [0.05, 0.1) is 5.02 Å². The Bertz CT molecular complexity index is 415. The van der Waals surface area contributed by atoms with Gasteiger partial charge in [0.1, 0.15) is 5.82 Å². The van der Waals surface area contributed by atoms with Crippen molar-refractivity contribution in [1.29, 1.82) is 0 Å². The van der Waals surface area contributed by atoms with E-state index in [9.17, 15) is 4.39 Å². The highest BCUT2D eigenvalue weighted by Crippen LogP contribution is 2.20. The maximum atomic E-state index is 13.2. The molecule has 92 valence electrons. The third-order valence-electron chi connectivity index (χ3n) is 3.07. The molecule has 2 rings (SSSR count). The average molecular weight is 254 g/mol. The molecule has 0 amide bonds. The van der Waals surface area contributed by atoms with Crippen molar-refractivity contribution in [2.75, 3.05) is 6.54 Å². The summed E-state index contributed by atoms with van der Waals surface area (Å²) in [6, 6.07) is 4.95. The number of nitrogens with one attached hydrogen (secondary N) is 1. The first kappa shape index (κ1) is 12.6. The van der Waals surface area contributed by atoms with Gasteiger partial charge in [0.15, 0.2) is 0 Å². The fourth-order valence-electron chi connectivity index (χ4n) is 2.10. The molecule has 3 heteroatoms. The zero-order valence-corrected chi connectivity index (χ0v) is 10.6. The van der Waals surface area contributed by atoms with E-state index in [1.165, 1.54) is 25.3 Å². The maximum Gasteiger partial charge on any atom is 0.142 e. The normalized spacial score (nSPS) is 15.1. The third kappa shape index (κ3) is 3.83. The number of hydrogen-bond acceptors (Lipinski definition) is 1. The first-order valence-corrected chi connectivity index (χ1v) is 6.46. The lowest BCUT2D eigenvalue weighted by Gasteiger charge is -2.06. The molecular formula is C14H17ClFN. The van der Waals surface area contributed by atoms with Crippen molar-refractivity contribution in [1.82, 2.24) is 5.32 Å². The predicted molar refractivity (Wildman–Crippen MR) is 69.7 cm³/mol. The van der Waals surface area contributed by atoms with Crippen molar-refractivity contribution in [2.45, 2.75) is 32.2 Å². The molecule has 0 fully saturated rings. The summed E-state index contributed by atoms with van der Waals surface area (Å²) in [6.45, 7) is 1.65. The monoisotopic (exact) mass is 253 g/mol. The predicted octanol–water partition coefficient (Wildman–Crippen LogP) is 4.07. The van der Waals surface area contributed by atoms with Gasteiger partial charge < -0.3 is 5.32 Å². The molecule has 0 unspecified atom stereocenters. The zero-order valence-electron chi connectivity index (χ0n) is 9.81. The molecule has 0 heterocycles. The smallest absolute Gasteiger partial charge is 0.142 e. The SMILES string of the molecule is Fc1cc(CNCCC2=CCCC2)ccc1Cl. The Morgan fingerprint density at radius 3 is 2.94 bits per heavy atom. The first-order chi connectivity index (χ1) is 8.25. The Morgan fingerprint density at radius 2 is 2.24 bits per heavy atom. The minimum Gasteiger partial charge on any atom is -0.312 e. The highest BCUT2D eigenvalue weighted by atomic mass is 35.5. The van der Waals surface area contributed by atoms with Gasteiger partial charge in [-0.3, -0.25) is 0 Å². The average Bonchev–Trinajstić information content (AvgIpc) is 2.82. The van der Waals surface area contributed by atoms with Crippen molar-refractivity contribution >= 4 is 11.6 Å². The van der Waals surface area contributed by atoms with Gasteiger partial charge in [-0.05, 0) is 49.9 Å². The van der Waals surface area contributed by atoms with Crippen molar-refractivity contribution in [2.24, 2.45) is 0 Å². The van der Waals surface area contributed by atoms with Crippen LogP contribution in [0.1, 0.15) is 31.2 Å². The second-order valence-electron chi connectivity index (χ2n) is 4.43. The number of hydrogen-bond donors (Lipinski definition) is 1. The Morgan fingerprint density at radius 1 is 1.35 bits per heavy atom. The summed E-state index contributed by atoms with van der Waals surface area (Å²) in [5.74, 6) is -0.343. The first-order valence-electron chi connectivity index (χ1n) is 6.08. The van der Waals surface area contributed by atoms with Gasteiger partial charge in [0.25, 0.3) is 0 Å². The topological polar surface area (TPSA) is 12.0 Å². The van der Waals surface area contributed by atoms with Crippen molar-refractivity contribution < 1.29 is 4.39 Å². The molecule has 1 nitrogen and oxygen atoms in total. The van der Waals surface area contributed by atoms with E-state index >= 15 is 0 Å². The van der Waals surface area contributed by atoms with Crippen LogP contribution in [0.4, 0.5) is 4.39 Å². The summed E-state index contributed by atoms with van der Waals surface area (Å²) in [5, 5.41) is 3.51. The van der Waals surface area contributed by atoms with E-state index in [0.29, 0.717) is 6.54 Å². The standard InChI is InChI=1S/C14H17ClFN/c15-13-6-5-12(9-14(13)16)10-17-8-7-11-3-1-2-4-11/h3,5-6,9,17H,1-2,4,7-8,10H2. The molecule has 0 aliphatic heterocycles. The van der Waals surface area contributed by atoms with E-state index in [1.54, 1.807) is 11.6 Å². The molecule has 0 bridgehead atoms. The maximum absolute atomic E-state index is 13.2. The van der Waals surface area contributed by atoms with Crippen molar-refractivity contribution in [3.63, 3.8) is 0 Å². The van der Waals surface area contributed by atoms with Gasteiger partial charge >= 0.3 is 0 Å². The van der Waals surface area contributed by atoms with Gasteiger partial charge in [-0.15, -0.1) is 0 Å². The summed E-state index contributed by atoms with van der Waals surface area (Å²) >= 11 is 5.63. The number of halogens is 2. The highest BCUT2D eigenvalue weighted by Gasteiger charge is 2.04. The number of rotatable bonds is 5. The molecule has 17 heavy (non-hydrogen) atoms. The molecule has 0 saturated carbocycles. The molecule has 1 aromatic rings. The molecule has 0 radical (unpaired) electrons. The summed E-state index contributed by atoms with van der Waals surface area (Å²) in [7, 11) is 0. The Balaban J connectivity index is 1.72. The van der Waals surface area contributed by atoms with E-state index in [4.69, 9.17) is 11.6 Å².